The first-order chi connectivity index (χ1) is 13.2. The standard InChI is InChI=1S/C23H28INO3/c1-5-6-11-28-22(27)19-14(2)25-17-12-23(3,4)13-18(26)21(17)20(19)15-7-9-16(24)10-8-15/h7-10,19-20H,5-6,11-13H2,1-4H3/t19?,20-/m0/s1. The van der Waals surface area contributed by atoms with Crippen LogP contribution in [-0.4, -0.2) is 24.1 Å². The molecule has 0 saturated heterocycles. The third-order valence-electron chi connectivity index (χ3n) is 5.53. The molecule has 0 radical (unpaired) electrons. The Bertz CT molecular complexity index is 836. The van der Waals surface area contributed by atoms with E-state index in [9.17, 15) is 9.59 Å². The Morgan fingerprint density at radius 1 is 1.25 bits per heavy atom. The number of halogens is 1. The monoisotopic (exact) mass is 493 g/mol. The van der Waals surface area contributed by atoms with Gasteiger partial charge in [0, 0.05) is 32.9 Å². The average Bonchev–Trinajstić information content (AvgIpc) is 2.60. The highest BCUT2D eigenvalue weighted by Crippen LogP contribution is 2.47. The Hall–Kier alpha value is -1.50. The molecule has 2 atom stereocenters. The van der Waals surface area contributed by atoms with E-state index in [4.69, 9.17) is 9.73 Å². The molecule has 150 valence electrons. The second kappa shape index (κ2) is 8.47. The fourth-order valence-electron chi connectivity index (χ4n) is 4.19. The van der Waals surface area contributed by atoms with Gasteiger partial charge in [-0.2, -0.15) is 0 Å². The molecule has 28 heavy (non-hydrogen) atoms. The van der Waals surface area contributed by atoms with Crippen molar-refractivity contribution in [2.45, 2.75) is 59.3 Å². The van der Waals surface area contributed by atoms with E-state index in [1.165, 1.54) is 0 Å². The summed E-state index contributed by atoms with van der Waals surface area (Å²) in [5.41, 5.74) is 3.18. The van der Waals surface area contributed by atoms with Crippen LogP contribution < -0.4 is 0 Å². The highest BCUT2D eigenvalue weighted by atomic mass is 127. The predicted octanol–water partition coefficient (Wildman–Crippen LogP) is 5.45. The summed E-state index contributed by atoms with van der Waals surface area (Å²) in [4.78, 5) is 30.9. The predicted molar refractivity (Wildman–Crippen MR) is 119 cm³/mol. The number of esters is 1. The summed E-state index contributed by atoms with van der Waals surface area (Å²) < 4.78 is 6.69. The lowest BCUT2D eigenvalue weighted by Crippen LogP contribution is -2.39. The Kier molecular flexibility index (Phi) is 6.42. The van der Waals surface area contributed by atoms with Crippen LogP contribution in [-0.2, 0) is 14.3 Å². The summed E-state index contributed by atoms with van der Waals surface area (Å²) in [6.07, 6.45) is 3.04. The molecule has 0 aromatic heterocycles. The molecule has 2 aliphatic rings. The first kappa shape index (κ1) is 21.2. The fraction of sp³-hybridized carbons (Fsp3) is 0.522. The third kappa shape index (κ3) is 4.39. The Morgan fingerprint density at radius 2 is 1.93 bits per heavy atom. The lowest BCUT2D eigenvalue weighted by atomic mass is 9.67. The van der Waals surface area contributed by atoms with Gasteiger partial charge in [0.2, 0.25) is 0 Å². The molecule has 4 nitrogen and oxygen atoms in total. The van der Waals surface area contributed by atoms with Gasteiger partial charge in [-0.3, -0.25) is 14.6 Å². The van der Waals surface area contributed by atoms with Gasteiger partial charge in [0.15, 0.2) is 5.78 Å². The van der Waals surface area contributed by atoms with E-state index >= 15 is 0 Å². The summed E-state index contributed by atoms with van der Waals surface area (Å²) in [5.74, 6) is -1.03. The molecule has 1 unspecified atom stereocenters. The highest BCUT2D eigenvalue weighted by Gasteiger charge is 2.45. The minimum Gasteiger partial charge on any atom is -0.465 e. The zero-order valence-corrected chi connectivity index (χ0v) is 19.2. The van der Waals surface area contributed by atoms with Gasteiger partial charge >= 0.3 is 5.97 Å². The minimum atomic E-state index is -0.541. The second-order valence-electron chi connectivity index (χ2n) is 8.58. The summed E-state index contributed by atoms with van der Waals surface area (Å²) in [7, 11) is 0. The Morgan fingerprint density at radius 3 is 2.57 bits per heavy atom. The Balaban J connectivity index is 2.06. The smallest absolute Gasteiger partial charge is 0.315 e. The number of benzene rings is 1. The zero-order chi connectivity index (χ0) is 20.5. The van der Waals surface area contributed by atoms with Crippen LogP contribution in [0.15, 0.2) is 40.5 Å². The highest BCUT2D eigenvalue weighted by molar-refractivity contribution is 14.1. The molecule has 0 N–H and O–H groups in total. The number of carbonyl (C=O) groups is 2. The summed E-state index contributed by atoms with van der Waals surface area (Å²) in [6, 6.07) is 8.09. The molecule has 0 bridgehead atoms. The molecule has 3 rings (SSSR count). The van der Waals surface area contributed by atoms with E-state index in [2.05, 4.69) is 43.4 Å². The number of ketones is 1. The molecule has 1 aliphatic carbocycles. The summed E-state index contributed by atoms with van der Waals surface area (Å²) in [6.45, 7) is 8.57. The van der Waals surface area contributed by atoms with Crippen molar-refractivity contribution in [2.24, 2.45) is 16.3 Å². The van der Waals surface area contributed by atoms with Crippen LogP contribution in [0.4, 0.5) is 0 Å². The molecule has 1 aliphatic heterocycles. The number of Topliss-reactive ketones (excluding diaryl/α,β-unsaturated/α-hetero) is 1. The topological polar surface area (TPSA) is 55.7 Å². The van der Waals surface area contributed by atoms with Crippen LogP contribution >= 0.6 is 22.6 Å². The van der Waals surface area contributed by atoms with Crippen LogP contribution in [0.1, 0.15) is 64.9 Å². The molecule has 1 heterocycles. The van der Waals surface area contributed by atoms with Gasteiger partial charge in [-0.15, -0.1) is 0 Å². The van der Waals surface area contributed by atoms with Crippen molar-refractivity contribution in [3.05, 3.63) is 44.7 Å². The van der Waals surface area contributed by atoms with E-state index in [1.807, 2.05) is 31.2 Å². The van der Waals surface area contributed by atoms with Crippen molar-refractivity contribution in [1.29, 1.82) is 0 Å². The van der Waals surface area contributed by atoms with Gasteiger partial charge in [0.05, 0.1) is 6.61 Å². The van der Waals surface area contributed by atoms with Crippen molar-refractivity contribution in [1.82, 2.24) is 0 Å². The lowest BCUT2D eigenvalue weighted by Gasteiger charge is -2.39. The largest absolute Gasteiger partial charge is 0.465 e. The number of unbranched alkanes of at least 4 members (excludes halogenated alkanes) is 1. The van der Waals surface area contributed by atoms with E-state index in [1.54, 1.807) is 0 Å². The van der Waals surface area contributed by atoms with E-state index in [0.29, 0.717) is 18.6 Å². The molecular weight excluding hydrogens is 465 g/mol. The molecule has 5 heteroatoms. The number of aliphatic imine (C=N–C) groups is 1. The van der Waals surface area contributed by atoms with Crippen molar-refractivity contribution in [3.63, 3.8) is 0 Å². The molecule has 0 saturated carbocycles. The number of rotatable bonds is 5. The van der Waals surface area contributed by atoms with E-state index < -0.39 is 5.92 Å². The maximum absolute atomic E-state index is 13.1. The normalized spacial score (nSPS) is 23.9. The molecule has 1 aromatic carbocycles. The molecule has 0 fully saturated rings. The van der Waals surface area contributed by atoms with Gasteiger partial charge in [0.1, 0.15) is 5.92 Å². The van der Waals surface area contributed by atoms with Gasteiger partial charge in [0.25, 0.3) is 0 Å². The third-order valence-corrected chi connectivity index (χ3v) is 6.25. The Labute approximate surface area is 181 Å². The zero-order valence-electron chi connectivity index (χ0n) is 17.0. The van der Waals surface area contributed by atoms with Gasteiger partial charge in [-0.05, 0) is 65.5 Å². The first-order valence-corrected chi connectivity index (χ1v) is 11.0. The van der Waals surface area contributed by atoms with Gasteiger partial charge < -0.3 is 4.74 Å². The van der Waals surface area contributed by atoms with Gasteiger partial charge in [-0.1, -0.05) is 39.3 Å². The minimum absolute atomic E-state index is 0.106. The van der Waals surface area contributed by atoms with Crippen molar-refractivity contribution < 1.29 is 14.3 Å². The van der Waals surface area contributed by atoms with Crippen LogP contribution in [0.3, 0.4) is 0 Å². The quantitative estimate of drug-likeness (QED) is 0.311. The maximum atomic E-state index is 13.1. The number of nitrogens with zero attached hydrogens (tertiary/aromatic N) is 1. The lowest BCUT2D eigenvalue weighted by molar-refractivity contribution is -0.146. The van der Waals surface area contributed by atoms with E-state index in [0.717, 1.165) is 39.8 Å². The number of hydrogen-bond acceptors (Lipinski definition) is 4. The van der Waals surface area contributed by atoms with Crippen molar-refractivity contribution in [3.8, 4) is 0 Å². The average molecular weight is 493 g/mol. The number of ether oxygens (including phenoxy) is 1. The second-order valence-corrected chi connectivity index (χ2v) is 9.83. The molecule has 0 amide bonds. The first-order valence-electron chi connectivity index (χ1n) is 9.97. The molecule has 0 spiro atoms. The van der Waals surface area contributed by atoms with Crippen molar-refractivity contribution in [2.75, 3.05) is 6.61 Å². The van der Waals surface area contributed by atoms with Crippen LogP contribution in [0.2, 0.25) is 0 Å². The van der Waals surface area contributed by atoms with Crippen LogP contribution in [0.5, 0.6) is 0 Å². The van der Waals surface area contributed by atoms with E-state index in [-0.39, 0.29) is 23.1 Å². The summed E-state index contributed by atoms with van der Waals surface area (Å²) >= 11 is 2.26. The summed E-state index contributed by atoms with van der Waals surface area (Å²) in [5, 5.41) is 0. The van der Waals surface area contributed by atoms with Crippen LogP contribution in [0, 0.1) is 14.9 Å². The van der Waals surface area contributed by atoms with Crippen LogP contribution in [0.25, 0.3) is 0 Å². The van der Waals surface area contributed by atoms with Crippen molar-refractivity contribution >= 4 is 40.1 Å². The molecular formula is C23H28INO3. The number of hydrogen-bond donors (Lipinski definition) is 0. The van der Waals surface area contributed by atoms with Gasteiger partial charge in [-0.25, -0.2) is 0 Å². The number of carbonyl (C=O) groups excluding carboxylic acids is 2. The molecule has 1 aromatic rings. The number of allylic oxidation sites excluding steroid dienone is 2. The SMILES string of the molecule is CCCCOC(=O)C1C(C)=NC2=C(C(=O)CC(C)(C)C2)[C@H]1c1ccc(I)cc1. The maximum Gasteiger partial charge on any atom is 0.315 e. The fourth-order valence-corrected chi connectivity index (χ4v) is 4.55.